The molecule has 1 aromatic carbocycles. The van der Waals surface area contributed by atoms with E-state index in [4.69, 9.17) is 0 Å². The van der Waals surface area contributed by atoms with Crippen molar-refractivity contribution < 1.29 is 0 Å². The first kappa shape index (κ1) is 13.5. The van der Waals surface area contributed by atoms with Crippen LogP contribution in [0.1, 0.15) is 18.9 Å². The fourth-order valence-corrected chi connectivity index (χ4v) is 2.90. The predicted molar refractivity (Wildman–Crippen MR) is 79.1 cm³/mol. The van der Waals surface area contributed by atoms with E-state index in [0.717, 1.165) is 38.2 Å². The Morgan fingerprint density at radius 1 is 1.22 bits per heavy atom. The summed E-state index contributed by atoms with van der Waals surface area (Å²) in [4.78, 5) is 7.03. The molecule has 18 heavy (non-hydrogen) atoms. The Morgan fingerprint density at radius 2 is 2.00 bits per heavy atom. The molecule has 0 radical (unpaired) electrons. The van der Waals surface area contributed by atoms with Crippen LogP contribution in [0.3, 0.4) is 0 Å². The molecule has 2 rings (SSSR count). The van der Waals surface area contributed by atoms with Crippen molar-refractivity contribution in [2.75, 3.05) is 26.2 Å². The molecule has 4 heteroatoms. The molecule has 3 nitrogen and oxygen atoms in total. The van der Waals surface area contributed by atoms with Gasteiger partial charge in [-0.3, -0.25) is 0 Å². The van der Waals surface area contributed by atoms with Gasteiger partial charge in [0.2, 0.25) is 0 Å². The zero-order chi connectivity index (χ0) is 12.8. The van der Waals surface area contributed by atoms with Gasteiger partial charge in [-0.2, -0.15) is 0 Å². The smallest absolute Gasteiger partial charge is 0.108 e. The molecule has 1 N–H and O–H groups in total. The second-order valence-corrected chi connectivity index (χ2v) is 5.39. The Labute approximate surface area is 113 Å². The van der Waals surface area contributed by atoms with Crippen molar-refractivity contribution in [2.45, 2.75) is 20.4 Å². The molecule has 0 amide bonds. The first-order valence-corrected chi connectivity index (χ1v) is 7.42. The van der Waals surface area contributed by atoms with Crippen LogP contribution in [0, 0.1) is 0 Å². The van der Waals surface area contributed by atoms with Gasteiger partial charge in [-0.1, -0.05) is 26.0 Å². The fourth-order valence-electron chi connectivity index (χ4n) is 1.97. The molecule has 0 saturated carbocycles. The molecule has 0 aliphatic carbocycles. The van der Waals surface area contributed by atoms with E-state index in [2.05, 4.69) is 47.2 Å². The average Bonchev–Trinajstić information content (AvgIpc) is 2.81. The van der Waals surface area contributed by atoms with Crippen molar-refractivity contribution in [1.29, 1.82) is 0 Å². The lowest BCUT2D eigenvalue weighted by Crippen LogP contribution is -2.31. The van der Waals surface area contributed by atoms with Gasteiger partial charge in [-0.15, -0.1) is 11.3 Å². The molecule has 0 aliphatic rings. The minimum Gasteiger partial charge on any atom is -0.309 e. The second-order valence-electron chi connectivity index (χ2n) is 4.28. The van der Waals surface area contributed by atoms with E-state index in [-0.39, 0.29) is 0 Å². The number of hydrogen-bond acceptors (Lipinski definition) is 4. The fraction of sp³-hybridized carbons (Fsp3) is 0.500. The number of thiazole rings is 1. The van der Waals surface area contributed by atoms with Crippen molar-refractivity contribution in [2.24, 2.45) is 0 Å². The summed E-state index contributed by atoms with van der Waals surface area (Å²) in [7, 11) is 0. The van der Waals surface area contributed by atoms with Gasteiger partial charge >= 0.3 is 0 Å². The van der Waals surface area contributed by atoms with Crippen LogP contribution in [-0.2, 0) is 6.54 Å². The third-order valence-corrected chi connectivity index (χ3v) is 4.15. The highest BCUT2D eigenvalue weighted by Gasteiger charge is 2.03. The summed E-state index contributed by atoms with van der Waals surface area (Å²) in [6.07, 6.45) is 0. The lowest BCUT2D eigenvalue weighted by molar-refractivity contribution is 0.302. The van der Waals surface area contributed by atoms with Crippen LogP contribution in [0.5, 0.6) is 0 Å². The number of nitrogens with one attached hydrogen (secondary N) is 1. The minimum absolute atomic E-state index is 0.876. The molecule has 1 aromatic heterocycles. The highest BCUT2D eigenvalue weighted by Crippen LogP contribution is 2.21. The third-order valence-electron chi connectivity index (χ3n) is 3.11. The van der Waals surface area contributed by atoms with Gasteiger partial charge in [0.1, 0.15) is 5.01 Å². The largest absolute Gasteiger partial charge is 0.309 e. The number of benzene rings is 1. The third kappa shape index (κ3) is 3.51. The number of nitrogens with zero attached hydrogens (tertiary/aromatic N) is 2. The quantitative estimate of drug-likeness (QED) is 0.779. The van der Waals surface area contributed by atoms with Crippen LogP contribution in [0.15, 0.2) is 24.3 Å². The van der Waals surface area contributed by atoms with E-state index in [1.807, 2.05) is 6.07 Å². The Hall–Kier alpha value is -0.970. The molecule has 0 bridgehead atoms. The topological polar surface area (TPSA) is 28.2 Å². The van der Waals surface area contributed by atoms with Crippen LogP contribution in [0.25, 0.3) is 10.2 Å². The Kier molecular flexibility index (Phi) is 5.11. The minimum atomic E-state index is 0.876. The van der Waals surface area contributed by atoms with Gasteiger partial charge < -0.3 is 10.2 Å². The van der Waals surface area contributed by atoms with E-state index >= 15 is 0 Å². The van der Waals surface area contributed by atoms with E-state index in [1.165, 1.54) is 9.71 Å². The molecule has 2 aromatic rings. The second kappa shape index (κ2) is 6.83. The average molecular weight is 263 g/mol. The summed E-state index contributed by atoms with van der Waals surface area (Å²) in [5, 5.41) is 4.64. The molecule has 0 aliphatic heterocycles. The Balaban J connectivity index is 1.80. The highest BCUT2D eigenvalue weighted by molar-refractivity contribution is 7.18. The molecule has 0 saturated heterocycles. The van der Waals surface area contributed by atoms with E-state index in [9.17, 15) is 0 Å². The van der Waals surface area contributed by atoms with E-state index in [0.29, 0.717) is 0 Å². The summed E-state index contributed by atoms with van der Waals surface area (Å²) in [5.74, 6) is 0. The van der Waals surface area contributed by atoms with E-state index < -0.39 is 0 Å². The van der Waals surface area contributed by atoms with Gasteiger partial charge in [-0.25, -0.2) is 4.98 Å². The number of likely N-dealkylation sites (N-methyl/N-ethyl adjacent to an activating group) is 1. The lowest BCUT2D eigenvalue weighted by atomic mass is 10.3. The van der Waals surface area contributed by atoms with Crippen molar-refractivity contribution in [3.05, 3.63) is 29.3 Å². The SMILES string of the molecule is CCN(CC)CCNCc1nc2ccccc2s1. The maximum atomic E-state index is 4.61. The molecule has 0 unspecified atom stereocenters. The monoisotopic (exact) mass is 263 g/mol. The molecule has 0 fully saturated rings. The van der Waals surface area contributed by atoms with Gasteiger partial charge in [0.05, 0.1) is 10.2 Å². The van der Waals surface area contributed by atoms with Crippen LogP contribution >= 0.6 is 11.3 Å². The van der Waals surface area contributed by atoms with Gasteiger partial charge in [0, 0.05) is 19.6 Å². The molecule has 1 heterocycles. The zero-order valence-corrected chi connectivity index (χ0v) is 12.0. The number of hydrogen-bond donors (Lipinski definition) is 1. The number of fused-ring (bicyclic) bond motifs is 1. The number of para-hydroxylation sites is 1. The summed E-state index contributed by atoms with van der Waals surface area (Å²) < 4.78 is 1.28. The van der Waals surface area contributed by atoms with Gasteiger partial charge in [0.15, 0.2) is 0 Å². The normalized spacial score (nSPS) is 11.5. The maximum Gasteiger partial charge on any atom is 0.108 e. The van der Waals surface area contributed by atoms with E-state index in [1.54, 1.807) is 11.3 Å². The highest BCUT2D eigenvalue weighted by atomic mass is 32.1. The van der Waals surface area contributed by atoms with Crippen molar-refractivity contribution in [3.63, 3.8) is 0 Å². The summed E-state index contributed by atoms with van der Waals surface area (Å²) in [6.45, 7) is 9.67. The first-order chi connectivity index (χ1) is 8.83. The summed E-state index contributed by atoms with van der Waals surface area (Å²) in [5.41, 5.74) is 1.11. The van der Waals surface area contributed by atoms with Gasteiger partial charge in [-0.05, 0) is 25.2 Å². The summed E-state index contributed by atoms with van der Waals surface area (Å²) >= 11 is 1.78. The predicted octanol–water partition coefficient (Wildman–Crippen LogP) is 2.73. The van der Waals surface area contributed by atoms with Crippen molar-refractivity contribution in [3.8, 4) is 0 Å². The molecular weight excluding hydrogens is 242 g/mol. The van der Waals surface area contributed by atoms with Crippen LogP contribution in [0.4, 0.5) is 0 Å². The van der Waals surface area contributed by atoms with Crippen molar-refractivity contribution in [1.82, 2.24) is 15.2 Å². The number of aromatic nitrogens is 1. The molecule has 98 valence electrons. The lowest BCUT2D eigenvalue weighted by Gasteiger charge is -2.17. The summed E-state index contributed by atoms with van der Waals surface area (Å²) in [6, 6.07) is 8.31. The number of rotatable bonds is 7. The molecular formula is C14H21N3S. The van der Waals surface area contributed by atoms with Gasteiger partial charge in [0.25, 0.3) is 0 Å². The Bertz CT molecular complexity index is 444. The van der Waals surface area contributed by atoms with Crippen LogP contribution in [0.2, 0.25) is 0 Å². The standard InChI is InChI=1S/C14H21N3S/c1-3-17(4-2)10-9-15-11-14-16-12-7-5-6-8-13(12)18-14/h5-8,15H,3-4,9-11H2,1-2H3. The van der Waals surface area contributed by atoms with Crippen LogP contribution < -0.4 is 5.32 Å². The van der Waals surface area contributed by atoms with Crippen molar-refractivity contribution >= 4 is 21.6 Å². The maximum absolute atomic E-state index is 4.61. The van der Waals surface area contributed by atoms with Crippen LogP contribution in [-0.4, -0.2) is 36.1 Å². The molecule has 0 atom stereocenters. The first-order valence-electron chi connectivity index (χ1n) is 6.61. The Morgan fingerprint density at radius 3 is 2.72 bits per heavy atom. The zero-order valence-electron chi connectivity index (χ0n) is 11.1. The molecule has 0 spiro atoms.